The number of aromatic nitrogens is 2. The van der Waals surface area contributed by atoms with E-state index in [-0.39, 0.29) is 18.1 Å². The van der Waals surface area contributed by atoms with Crippen LogP contribution in [0.15, 0.2) is 57.9 Å². The highest BCUT2D eigenvalue weighted by atomic mass is 79.9. The zero-order valence-electron chi connectivity index (χ0n) is 13.3. The van der Waals surface area contributed by atoms with E-state index in [1.807, 2.05) is 0 Å². The van der Waals surface area contributed by atoms with Crippen molar-refractivity contribution < 1.29 is 19.1 Å². The van der Waals surface area contributed by atoms with Crippen LogP contribution < -0.4 is 10.6 Å². The van der Waals surface area contributed by atoms with Gasteiger partial charge in [-0.25, -0.2) is 9.97 Å². The molecule has 0 unspecified atom stereocenters. The highest BCUT2D eigenvalue weighted by molar-refractivity contribution is 9.10. The van der Waals surface area contributed by atoms with E-state index >= 15 is 0 Å². The smallest absolute Gasteiger partial charge is 0.287 e. The molecule has 8 nitrogen and oxygen atoms in total. The van der Waals surface area contributed by atoms with Crippen LogP contribution in [0.1, 0.15) is 10.6 Å². The van der Waals surface area contributed by atoms with Crippen LogP contribution in [0.3, 0.4) is 0 Å². The van der Waals surface area contributed by atoms with E-state index in [0.29, 0.717) is 21.7 Å². The van der Waals surface area contributed by atoms with Gasteiger partial charge in [0.15, 0.2) is 16.3 Å². The topological polar surface area (TPSA) is 117 Å². The van der Waals surface area contributed by atoms with E-state index in [1.165, 1.54) is 24.5 Å². The number of anilines is 1. The van der Waals surface area contributed by atoms with Gasteiger partial charge in [-0.3, -0.25) is 9.59 Å². The average molecular weight is 417 g/mol. The van der Waals surface area contributed by atoms with Crippen LogP contribution in [0.25, 0.3) is 11.4 Å². The van der Waals surface area contributed by atoms with Crippen LogP contribution in [0.2, 0.25) is 0 Å². The Morgan fingerprint density at radius 3 is 2.58 bits per heavy atom. The normalized spacial score (nSPS) is 10.3. The first-order valence-corrected chi connectivity index (χ1v) is 8.25. The second kappa shape index (κ2) is 7.79. The number of carbonyl (C=O) groups excluding carboxylic acids is 2. The molecule has 26 heavy (non-hydrogen) atoms. The van der Waals surface area contributed by atoms with Gasteiger partial charge in [0.2, 0.25) is 5.91 Å². The highest BCUT2D eigenvalue weighted by Gasteiger charge is 2.12. The summed E-state index contributed by atoms with van der Waals surface area (Å²) in [6, 6.07) is 9.61. The Kier molecular flexibility index (Phi) is 5.28. The zero-order chi connectivity index (χ0) is 18.5. The number of hydrogen-bond donors (Lipinski definition) is 3. The number of phenols is 1. The number of nitrogens with zero attached hydrogens (tertiary/aromatic N) is 2. The maximum absolute atomic E-state index is 11.9. The lowest BCUT2D eigenvalue weighted by atomic mass is 10.2. The second-order valence-electron chi connectivity index (χ2n) is 5.18. The van der Waals surface area contributed by atoms with E-state index in [2.05, 4.69) is 36.5 Å². The SMILES string of the molecule is O=C(CNC(=O)c1ccc(Br)o1)Nc1cnc(-c2cccc(O)c2)nc1. The summed E-state index contributed by atoms with van der Waals surface area (Å²) in [5.41, 5.74) is 1.04. The van der Waals surface area contributed by atoms with E-state index in [0.717, 1.165) is 0 Å². The van der Waals surface area contributed by atoms with Gasteiger partial charge in [-0.1, -0.05) is 12.1 Å². The first-order chi connectivity index (χ1) is 12.5. The number of carbonyl (C=O) groups is 2. The van der Waals surface area contributed by atoms with E-state index in [4.69, 9.17) is 4.42 Å². The Labute approximate surface area is 156 Å². The molecule has 2 aromatic heterocycles. The van der Waals surface area contributed by atoms with E-state index in [9.17, 15) is 14.7 Å². The lowest BCUT2D eigenvalue weighted by Crippen LogP contribution is -2.32. The Balaban J connectivity index is 1.55. The summed E-state index contributed by atoms with van der Waals surface area (Å²) in [5, 5.41) is 14.5. The number of amides is 2. The fourth-order valence-corrected chi connectivity index (χ4v) is 2.38. The van der Waals surface area contributed by atoms with Crippen molar-refractivity contribution in [3.05, 3.63) is 59.2 Å². The molecule has 0 aliphatic heterocycles. The number of phenolic OH excluding ortho intramolecular Hbond substituents is 1. The summed E-state index contributed by atoms with van der Waals surface area (Å²) in [6.07, 6.45) is 2.88. The summed E-state index contributed by atoms with van der Waals surface area (Å²) in [5.74, 6) is -0.305. The summed E-state index contributed by atoms with van der Waals surface area (Å²) < 4.78 is 5.52. The zero-order valence-corrected chi connectivity index (χ0v) is 14.9. The molecule has 0 atom stereocenters. The van der Waals surface area contributed by atoms with Crippen molar-refractivity contribution in [3.63, 3.8) is 0 Å². The second-order valence-corrected chi connectivity index (χ2v) is 5.96. The maximum atomic E-state index is 11.9. The van der Waals surface area contributed by atoms with Crippen molar-refractivity contribution in [2.24, 2.45) is 0 Å². The van der Waals surface area contributed by atoms with Gasteiger partial charge >= 0.3 is 0 Å². The average Bonchev–Trinajstić information content (AvgIpc) is 3.07. The van der Waals surface area contributed by atoms with Crippen molar-refractivity contribution in [3.8, 4) is 17.1 Å². The minimum atomic E-state index is -0.499. The molecule has 2 amide bonds. The van der Waals surface area contributed by atoms with Crippen LogP contribution in [0, 0.1) is 0 Å². The first-order valence-electron chi connectivity index (χ1n) is 7.46. The molecule has 2 heterocycles. The molecule has 3 aromatic rings. The van der Waals surface area contributed by atoms with Gasteiger partial charge in [0, 0.05) is 5.56 Å². The van der Waals surface area contributed by atoms with Crippen molar-refractivity contribution >= 4 is 33.4 Å². The molecule has 3 N–H and O–H groups in total. The van der Waals surface area contributed by atoms with Gasteiger partial charge in [0.1, 0.15) is 5.75 Å². The van der Waals surface area contributed by atoms with Gasteiger partial charge in [0.05, 0.1) is 24.6 Å². The van der Waals surface area contributed by atoms with Crippen LogP contribution in [-0.2, 0) is 4.79 Å². The number of rotatable bonds is 5. The molecule has 9 heteroatoms. The fourth-order valence-electron chi connectivity index (χ4n) is 2.08. The van der Waals surface area contributed by atoms with Gasteiger partial charge in [0.25, 0.3) is 5.91 Å². The summed E-state index contributed by atoms with van der Waals surface area (Å²) in [6.45, 7) is -0.231. The number of benzene rings is 1. The molecule has 0 bridgehead atoms. The van der Waals surface area contributed by atoms with Crippen LogP contribution >= 0.6 is 15.9 Å². The molecule has 132 valence electrons. The molecule has 0 aliphatic rings. The molecular formula is C17H13BrN4O4. The molecule has 0 spiro atoms. The van der Waals surface area contributed by atoms with Gasteiger partial charge < -0.3 is 20.2 Å². The third-order valence-electron chi connectivity index (χ3n) is 3.25. The monoisotopic (exact) mass is 416 g/mol. The van der Waals surface area contributed by atoms with E-state index < -0.39 is 11.8 Å². The van der Waals surface area contributed by atoms with Crippen LogP contribution in [0.5, 0.6) is 5.75 Å². The predicted octanol–water partition coefficient (Wildman–Crippen LogP) is 2.57. The summed E-state index contributed by atoms with van der Waals surface area (Å²) in [4.78, 5) is 32.0. The molecule has 0 saturated carbocycles. The highest BCUT2D eigenvalue weighted by Crippen LogP contribution is 2.20. The van der Waals surface area contributed by atoms with Crippen LogP contribution in [-0.4, -0.2) is 33.4 Å². The minimum Gasteiger partial charge on any atom is -0.508 e. The Morgan fingerprint density at radius 1 is 1.15 bits per heavy atom. The molecule has 0 saturated heterocycles. The fraction of sp³-hybridized carbons (Fsp3) is 0.0588. The Hall–Kier alpha value is -3.20. The van der Waals surface area contributed by atoms with Crippen LogP contribution in [0.4, 0.5) is 5.69 Å². The van der Waals surface area contributed by atoms with Gasteiger partial charge in [-0.05, 0) is 40.2 Å². The number of nitrogens with one attached hydrogen (secondary N) is 2. The number of halogens is 1. The minimum absolute atomic E-state index is 0.100. The molecule has 3 rings (SSSR count). The number of aromatic hydroxyl groups is 1. The number of furan rings is 1. The van der Waals surface area contributed by atoms with Crippen molar-refractivity contribution in [2.45, 2.75) is 0 Å². The molecule has 1 aromatic carbocycles. The van der Waals surface area contributed by atoms with Crippen molar-refractivity contribution in [2.75, 3.05) is 11.9 Å². The third-order valence-corrected chi connectivity index (χ3v) is 3.67. The summed E-state index contributed by atoms with van der Waals surface area (Å²) in [7, 11) is 0. The first kappa shape index (κ1) is 17.6. The van der Waals surface area contributed by atoms with E-state index in [1.54, 1.807) is 24.3 Å². The summed E-state index contributed by atoms with van der Waals surface area (Å²) >= 11 is 3.10. The third kappa shape index (κ3) is 4.45. The Morgan fingerprint density at radius 2 is 1.92 bits per heavy atom. The van der Waals surface area contributed by atoms with Gasteiger partial charge in [-0.15, -0.1) is 0 Å². The maximum Gasteiger partial charge on any atom is 0.287 e. The standard InChI is InChI=1S/C17H13BrN4O4/c18-14-5-4-13(26-14)17(25)21-9-15(24)22-11-7-19-16(20-8-11)10-2-1-3-12(23)6-10/h1-8,23H,9H2,(H,21,25)(H,22,24). The van der Waals surface area contributed by atoms with Crippen molar-refractivity contribution in [1.82, 2.24) is 15.3 Å². The molecule has 0 fully saturated rings. The quantitative estimate of drug-likeness (QED) is 0.588. The van der Waals surface area contributed by atoms with Gasteiger partial charge in [-0.2, -0.15) is 0 Å². The lowest BCUT2D eigenvalue weighted by molar-refractivity contribution is -0.115. The van der Waals surface area contributed by atoms with Crippen molar-refractivity contribution in [1.29, 1.82) is 0 Å². The predicted molar refractivity (Wildman–Crippen MR) is 96.5 cm³/mol. The lowest BCUT2D eigenvalue weighted by Gasteiger charge is -2.06. The molecule has 0 radical (unpaired) electrons. The largest absolute Gasteiger partial charge is 0.508 e. The number of hydrogen-bond acceptors (Lipinski definition) is 6. The molecular weight excluding hydrogens is 404 g/mol. The Bertz CT molecular complexity index is 940. The molecule has 0 aliphatic carbocycles.